The molecule has 0 N–H and O–H groups in total. The van der Waals surface area contributed by atoms with Crippen LogP contribution in [0.25, 0.3) is 6.08 Å². The smallest absolute Gasteiger partial charge is 0.0962 e. The quantitative estimate of drug-likeness (QED) is 0.662. The molecule has 0 spiro atoms. The molecule has 0 saturated carbocycles. The first-order chi connectivity index (χ1) is 6.17. The molecule has 1 aromatic rings. The summed E-state index contributed by atoms with van der Waals surface area (Å²) in [4.78, 5) is 0. The molecule has 0 aromatic heterocycles. The van der Waals surface area contributed by atoms with Crippen LogP contribution < -0.4 is 0 Å². The average molecular weight is 177 g/mol. The van der Waals surface area contributed by atoms with E-state index < -0.39 is 6.67 Å². The van der Waals surface area contributed by atoms with Crippen molar-refractivity contribution in [3.05, 3.63) is 48.4 Å². The molecule has 0 aliphatic rings. The number of alkyl halides is 1. The number of hydrogen-bond acceptors (Lipinski definition) is 0. The maximum Gasteiger partial charge on any atom is 0.0962 e. The van der Waals surface area contributed by atoms with Gasteiger partial charge in [-0.3, -0.25) is 4.39 Å². The van der Waals surface area contributed by atoms with Gasteiger partial charge in [0.15, 0.2) is 0 Å². The minimum absolute atomic E-state index is 0.265. The fraction of sp³-hybridized carbons (Fsp3) is 0.250. The molecule has 0 bridgehead atoms. The van der Waals surface area contributed by atoms with Crippen molar-refractivity contribution < 1.29 is 4.39 Å². The first-order valence-corrected chi connectivity index (χ1v) is 4.30. The minimum atomic E-state index is -0.417. The molecular weight excluding hydrogens is 163 g/mol. The van der Waals surface area contributed by atoms with E-state index in [4.69, 9.17) is 0 Å². The highest BCUT2D eigenvalue weighted by atomic mass is 19.1. The maximum absolute atomic E-state index is 12.4. The zero-order valence-electron chi connectivity index (χ0n) is 7.89. The summed E-state index contributed by atoms with van der Waals surface area (Å²) >= 11 is 0. The monoisotopic (exact) mass is 177 g/mol. The second kappa shape index (κ2) is 4.22. The largest absolute Gasteiger partial charge is 0.250 e. The average Bonchev–Trinajstić information content (AvgIpc) is 2.15. The van der Waals surface area contributed by atoms with E-state index in [1.165, 1.54) is 0 Å². The second-order valence-electron chi connectivity index (χ2n) is 3.23. The first kappa shape index (κ1) is 9.97. The summed E-state index contributed by atoms with van der Waals surface area (Å²) in [5, 5.41) is 0. The summed E-state index contributed by atoms with van der Waals surface area (Å²) in [6.45, 7) is 8.99. The summed E-state index contributed by atoms with van der Waals surface area (Å²) in [6, 6.07) is 5.91. The van der Waals surface area contributed by atoms with Crippen LogP contribution >= 0.6 is 0 Å². The van der Waals surface area contributed by atoms with E-state index in [2.05, 4.69) is 13.5 Å². The zero-order chi connectivity index (χ0) is 9.84. The van der Waals surface area contributed by atoms with Gasteiger partial charge in [-0.25, -0.2) is 0 Å². The first-order valence-electron chi connectivity index (χ1n) is 4.30. The highest BCUT2D eigenvalue weighted by Gasteiger charge is 2.05. The summed E-state index contributed by atoms with van der Waals surface area (Å²) < 4.78 is 12.4. The number of benzene rings is 1. The van der Waals surface area contributed by atoms with E-state index >= 15 is 0 Å². The van der Waals surface area contributed by atoms with Gasteiger partial charge in [-0.05, 0) is 25.0 Å². The Morgan fingerprint density at radius 3 is 2.69 bits per heavy atom. The van der Waals surface area contributed by atoms with E-state index in [1.807, 2.05) is 25.1 Å². The fourth-order valence-electron chi connectivity index (χ4n) is 1.29. The van der Waals surface area contributed by atoms with Crippen molar-refractivity contribution in [3.8, 4) is 0 Å². The van der Waals surface area contributed by atoms with Crippen LogP contribution in [-0.4, -0.2) is 6.67 Å². The van der Waals surface area contributed by atoms with Crippen molar-refractivity contribution in [1.82, 2.24) is 0 Å². The molecule has 0 aliphatic carbocycles. The molecule has 1 atom stereocenters. The van der Waals surface area contributed by atoms with Gasteiger partial charge in [0.1, 0.15) is 0 Å². The van der Waals surface area contributed by atoms with Gasteiger partial charge in [-0.2, -0.15) is 0 Å². The van der Waals surface area contributed by atoms with Crippen LogP contribution in [0.15, 0.2) is 24.8 Å². The third-order valence-corrected chi connectivity index (χ3v) is 2.02. The van der Waals surface area contributed by atoms with E-state index in [-0.39, 0.29) is 5.92 Å². The van der Waals surface area contributed by atoms with Crippen molar-refractivity contribution in [1.29, 1.82) is 0 Å². The summed E-state index contributed by atoms with van der Waals surface area (Å²) in [5.41, 5.74) is 3.09. The Morgan fingerprint density at radius 1 is 1.46 bits per heavy atom. The SMILES string of the molecule is [CH2]C(CF)c1cc(C)cc(C=C)c1. The van der Waals surface area contributed by atoms with Crippen LogP contribution in [0, 0.1) is 13.8 Å². The van der Waals surface area contributed by atoms with E-state index in [9.17, 15) is 4.39 Å². The van der Waals surface area contributed by atoms with Crippen molar-refractivity contribution >= 4 is 6.08 Å². The van der Waals surface area contributed by atoms with Gasteiger partial charge in [0, 0.05) is 5.92 Å². The molecule has 0 saturated heterocycles. The lowest BCUT2D eigenvalue weighted by Gasteiger charge is -2.09. The molecular formula is C12H14F. The predicted molar refractivity (Wildman–Crippen MR) is 55.3 cm³/mol. The van der Waals surface area contributed by atoms with Gasteiger partial charge in [-0.15, -0.1) is 0 Å². The molecule has 69 valence electrons. The molecule has 1 rings (SSSR count). The lowest BCUT2D eigenvalue weighted by Crippen LogP contribution is -1.96. The van der Waals surface area contributed by atoms with Crippen molar-refractivity contribution in [3.63, 3.8) is 0 Å². The van der Waals surface area contributed by atoms with Gasteiger partial charge in [0.25, 0.3) is 0 Å². The lowest BCUT2D eigenvalue weighted by atomic mass is 9.98. The lowest BCUT2D eigenvalue weighted by molar-refractivity contribution is 0.465. The molecule has 0 amide bonds. The molecule has 0 heterocycles. The fourth-order valence-corrected chi connectivity index (χ4v) is 1.29. The third kappa shape index (κ3) is 2.41. The third-order valence-electron chi connectivity index (χ3n) is 2.02. The minimum Gasteiger partial charge on any atom is -0.250 e. The number of rotatable bonds is 3. The van der Waals surface area contributed by atoms with Gasteiger partial charge in [0.05, 0.1) is 6.67 Å². The second-order valence-corrected chi connectivity index (χ2v) is 3.23. The van der Waals surface area contributed by atoms with Gasteiger partial charge >= 0.3 is 0 Å². The molecule has 0 nitrogen and oxygen atoms in total. The number of hydrogen-bond donors (Lipinski definition) is 0. The predicted octanol–water partition coefficient (Wildman–Crippen LogP) is 3.53. The molecule has 13 heavy (non-hydrogen) atoms. The summed E-state index contributed by atoms with van der Waals surface area (Å²) in [6.07, 6.45) is 1.77. The Hall–Kier alpha value is -1.11. The molecule has 1 radical (unpaired) electrons. The highest BCUT2D eigenvalue weighted by molar-refractivity contribution is 5.50. The Morgan fingerprint density at radius 2 is 2.15 bits per heavy atom. The topological polar surface area (TPSA) is 0 Å². The number of halogens is 1. The van der Waals surface area contributed by atoms with Gasteiger partial charge < -0.3 is 0 Å². The standard InChI is InChI=1S/C12H14F/c1-4-11-5-9(2)6-12(7-11)10(3)8-13/h4-7,10H,1,3,8H2,2H3. The Bertz CT molecular complexity index is 302. The van der Waals surface area contributed by atoms with Crippen LogP contribution in [0.4, 0.5) is 4.39 Å². The molecule has 1 aromatic carbocycles. The molecule has 1 unspecified atom stereocenters. The van der Waals surface area contributed by atoms with Gasteiger partial charge in [0.2, 0.25) is 0 Å². The number of aryl methyl sites for hydroxylation is 1. The normalized spacial score (nSPS) is 12.5. The Labute approximate surface area is 79.1 Å². The summed E-state index contributed by atoms with van der Waals surface area (Å²) in [7, 11) is 0. The highest BCUT2D eigenvalue weighted by Crippen LogP contribution is 2.19. The van der Waals surface area contributed by atoms with Crippen molar-refractivity contribution in [2.24, 2.45) is 0 Å². The van der Waals surface area contributed by atoms with Crippen LogP contribution in [0.5, 0.6) is 0 Å². The van der Waals surface area contributed by atoms with Crippen molar-refractivity contribution in [2.45, 2.75) is 12.8 Å². The van der Waals surface area contributed by atoms with E-state index in [0.29, 0.717) is 0 Å². The van der Waals surface area contributed by atoms with E-state index in [0.717, 1.165) is 16.7 Å². The van der Waals surface area contributed by atoms with Gasteiger partial charge in [-0.1, -0.05) is 36.4 Å². The summed E-state index contributed by atoms with van der Waals surface area (Å²) in [5.74, 6) is -0.265. The van der Waals surface area contributed by atoms with Crippen LogP contribution in [0.2, 0.25) is 0 Å². The Balaban J connectivity index is 3.07. The van der Waals surface area contributed by atoms with Crippen molar-refractivity contribution in [2.75, 3.05) is 6.67 Å². The zero-order valence-corrected chi connectivity index (χ0v) is 7.89. The molecule has 1 heteroatoms. The van der Waals surface area contributed by atoms with Crippen LogP contribution in [0.1, 0.15) is 22.6 Å². The molecule has 0 aliphatic heterocycles. The van der Waals surface area contributed by atoms with Crippen LogP contribution in [-0.2, 0) is 0 Å². The Kier molecular flexibility index (Phi) is 3.24. The molecule has 0 fully saturated rings. The van der Waals surface area contributed by atoms with E-state index in [1.54, 1.807) is 6.08 Å². The maximum atomic E-state index is 12.4. The van der Waals surface area contributed by atoms with Crippen LogP contribution in [0.3, 0.4) is 0 Å².